The smallest absolute Gasteiger partial charge is 0.233 e. The summed E-state index contributed by atoms with van der Waals surface area (Å²) < 4.78 is 36.9. The average molecular weight is 254 g/mol. The van der Waals surface area contributed by atoms with Crippen LogP contribution in [0.15, 0.2) is 18.5 Å². The van der Waals surface area contributed by atoms with E-state index in [0.717, 1.165) is 23.8 Å². The van der Waals surface area contributed by atoms with E-state index < -0.39 is 12.0 Å². The highest BCUT2D eigenvalue weighted by Gasteiger charge is 2.34. The molecule has 0 spiro atoms. The molecule has 18 heavy (non-hydrogen) atoms. The average Bonchev–Trinajstić information content (AvgIpc) is 2.27. The van der Waals surface area contributed by atoms with Crippen molar-refractivity contribution in [2.45, 2.75) is 20.0 Å². The summed E-state index contributed by atoms with van der Waals surface area (Å²) in [5, 5.41) is 0. The molecule has 2 rings (SSSR count). The molecule has 0 radical (unpaired) electrons. The van der Waals surface area contributed by atoms with Crippen LogP contribution in [-0.2, 0) is 6.18 Å². The Morgan fingerprint density at radius 3 is 1.89 bits per heavy atom. The van der Waals surface area contributed by atoms with E-state index >= 15 is 0 Å². The Hall–Kier alpha value is -2.05. The molecular weight excluding hydrogens is 245 g/mol. The van der Waals surface area contributed by atoms with Gasteiger partial charge in [0.15, 0.2) is 5.82 Å². The van der Waals surface area contributed by atoms with Gasteiger partial charge in [-0.3, -0.25) is 0 Å². The van der Waals surface area contributed by atoms with Crippen LogP contribution in [-0.4, -0.2) is 19.9 Å². The second-order valence-corrected chi connectivity index (χ2v) is 3.77. The van der Waals surface area contributed by atoms with Gasteiger partial charge in [0.2, 0.25) is 5.82 Å². The van der Waals surface area contributed by atoms with Crippen molar-refractivity contribution < 1.29 is 13.2 Å². The number of rotatable bonds is 1. The highest BCUT2D eigenvalue weighted by atomic mass is 19.4. The molecule has 2 aromatic heterocycles. The third-order valence-corrected chi connectivity index (χ3v) is 2.15. The topological polar surface area (TPSA) is 51.6 Å². The third-order valence-electron chi connectivity index (χ3n) is 2.15. The minimum absolute atomic E-state index is 0.321. The zero-order valence-corrected chi connectivity index (χ0v) is 9.65. The fourth-order valence-electron chi connectivity index (χ4n) is 1.44. The molecule has 0 bridgehead atoms. The predicted molar refractivity (Wildman–Crippen MR) is 57.5 cm³/mol. The largest absolute Gasteiger partial charge is 0.451 e. The zero-order chi connectivity index (χ0) is 13.3. The van der Waals surface area contributed by atoms with Crippen molar-refractivity contribution in [2.24, 2.45) is 0 Å². The minimum atomic E-state index is -4.54. The first-order valence-electron chi connectivity index (χ1n) is 5.08. The number of aromatic nitrogens is 4. The van der Waals surface area contributed by atoms with E-state index in [2.05, 4.69) is 19.9 Å². The molecule has 0 aliphatic carbocycles. The van der Waals surface area contributed by atoms with E-state index in [1.54, 1.807) is 19.9 Å². The fraction of sp³-hybridized carbons (Fsp3) is 0.273. The van der Waals surface area contributed by atoms with Crippen molar-refractivity contribution in [2.75, 3.05) is 0 Å². The maximum atomic E-state index is 12.3. The maximum Gasteiger partial charge on any atom is 0.451 e. The van der Waals surface area contributed by atoms with Crippen molar-refractivity contribution in [1.82, 2.24) is 19.9 Å². The monoisotopic (exact) mass is 254 g/mol. The molecule has 0 aromatic carbocycles. The van der Waals surface area contributed by atoms with E-state index in [9.17, 15) is 13.2 Å². The normalized spacial score (nSPS) is 11.6. The summed E-state index contributed by atoms with van der Waals surface area (Å²) in [5.74, 6) is -0.850. The third kappa shape index (κ3) is 2.61. The van der Waals surface area contributed by atoms with Gasteiger partial charge in [-0.1, -0.05) is 0 Å². The number of aryl methyl sites for hydroxylation is 2. The van der Waals surface area contributed by atoms with E-state index in [4.69, 9.17) is 0 Å². The molecule has 0 saturated carbocycles. The zero-order valence-electron chi connectivity index (χ0n) is 9.65. The summed E-state index contributed by atoms with van der Waals surface area (Å²) in [5.41, 5.74) is 1.82. The van der Waals surface area contributed by atoms with Crippen molar-refractivity contribution in [3.8, 4) is 11.4 Å². The van der Waals surface area contributed by atoms with Gasteiger partial charge in [0.25, 0.3) is 0 Å². The van der Waals surface area contributed by atoms with Crippen molar-refractivity contribution in [3.05, 3.63) is 35.7 Å². The van der Waals surface area contributed by atoms with Gasteiger partial charge in [0.1, 0.15) is 0 Å². The van der Waals surface area contributed by atoms with Gasteiger partial charge >= 0.3 is 6.18 Å². The lowest BCUT2D eigenvalue weighted by molar-refractivity contribution is -0.144. The number of nitrogens with zero attached hydrogens (tertiary/aromatic N) is 4. The lowest BCUT2D eigenvalue weighted by Crippen LogP contribution is -2.10. The Balaban J connectivity index is 2.40. The standard InChI is InChI=1S/C11H9F3N4/c1-6-3-7(2)18-9(17-6)8-4-15-10(16-5-8)11(12,13)14/h3-5H,1-2H3. The van der Waals surface area contributed by atoms with Crippen molar-refractivity contribution >= 4 is 0 Å². The van der Waals surface area contributed by atoms with Crippen molar-refractivity contribution in [3.63, 3.8) is 0 Å². The number of hydrogen-bond acceptors (Lipinski definition) is 4. The molecule has 0 amide bonds. The van der Waals surface area contributed by atoms with Gasteiger partial charge in [-0.05, 0) is 19.9 Å². The number of halogens is 3. The van der Waals surface area contributed by atoms with Crippen LogP contribution < -0.4 is 0 Å². The van der Waals surface area contributed by atoms with Gasteiger partial charge in [0.05, 0.1) is 5.56 Å². The molecule has 0 saturated heterocycles. The maximum absolute atomic E-state index is 12.3. The molecule has 0 N–H and O–H groups in total. The second kappa shape index (κ2) is 4.32. The SMILES string of the molecule is Cc1cc(C)nc(-c2cnc(C(F)(F)F)nc2)n1. The van der Waals surface area contributed by atoms with Crippen LogP contribution in [0.4, 0.5) is 13.2 Å². The Labute approximate surface area is 101 Å². The van der Waals surface area contributed by atoms with Gasteiger partial charge in [-0.25, -0.2) is 19.9 Å². The molecular formula is C11H9F3N4. The number of alkyl halides is 3. The van der Waals surface area contributed by atoms with Gasteiger partial charge < -0.3 is 0 Å². The Morgan fingerprint density at radius 1 is 0.944 bits per heavy atom. The lowest BCUT2D eigenvalue weighted by atomic mass is 10.3. The summed E-state index contributed by atoms with van der Waals surface area (Å²) in [6.07, 6.45) is -2.39. The first kappa shape index (κ1) is 12.4. The first-order valence-corrected chi connectivity index (χ1v) is 5.08. The van der Waals surface area contributed by atoms with E-state index in [0.29, 0.717) is 11.4 Å². The van der Waals surface area contributed by atoms with E-state index in [1.807, 2.05) is 0 Å². The molecule has 94 valence electrons. The second-order valence-electron chi connectivity index (χ2n) is 3.77. The minimum Gasteiger partial charge on any atom is -0.233 e. The van der Waals surface area contributed by atoms with Crippen LogP contribution in [0, 0.1) is 13.8 Å². The molecule has 7 heteroatoms. The summed E-state index contributed by atoms with van der Waals surface area (Å²) in [6.45, 7) is 3.56. The number of hydrogen-bond donors (Lipinski definition) is 0. The Bertz CT molecular complexity index is 543. The molecule has 0 aliphatic heterocycles. The summed E-state index contributed by atoms with van der Waals surface area (Å²) in [7, 11) is 0. The van der Waals surface area contributed by atoms with E-state index in [-0.39, 0.29) is 0 Å². The van der Waals surface area contributed by atoms with Gasteiger partial charge in [-0.15, -0.1) is 0 Å². The van der Waals surface area contributed by atoms with Crippen LogP contribution in [0.3, 0.4) is 0 Å². The Kier molecular flexibility index (Phi) is 2.98. The molecule has 0 fully saturated rings. The lowest BCUT2D eigenvalue weighted by Gasteiger charge is -2.05. The van der Waals surface area contributed by atoms with Crippen LogP contribution in [0.2, 0.25) is 0 Å². The predicted octanol–water partition coefficient (Wildman–Crippen LogP) is 2.57. The van der Waals surface area contributed by atoms with Gasteiger partial charge in [0, 0.05) is 23.8 Å². The van der Waals surface area contributed by atoms with Crippen LogP contribution in [0.5, 0.6) is 0 Å². The molecule has 0 atom stereocenters. The molecule has 2 heterocycles. The summed E-state index contributed by atoms with van der Waals surface area (Å²) in [4.78, 5) is 14.8. The molecule has 0 aliphatic rings. The first-order chi connectivity index (χ1) is 8.36. The van der Waals surface area contributed by atoms with Crippen LogP contribution in [0.1, 0.15) is 17.2 Å². The van der Waals surface area contributed by atoms with Crippen LogP contribution in [0.25, 0.3) is 11.4 Å². The Morgan fingerprint density at radius 2 is 1.44 bits per heavy atom. The highest BCUT2D eigenvalue weighted by Crippen LogP contribution is 2.26. The molecule has 0 unspecified atom stereocenters. The van der Waals surface area contributed by atoms with Gasteiger partial charge in [-0.2, -0.15) is 13.2 Å². The van der Waals surface area contributed by atoms with Crippen LogP contribution >= 0.6 is 0 Å². The summed E-state index contributed by atoms with van der Waals surface area (Å²) in [6, 6.07) is 1.77. The van der Waals surface area contributed by atoms with E-state index in [1.165, 1.54) is 0 Å². The highest BCUT2D eigenvalue weighted by molar-refractivity contribution is 5.52. The fourth-order valence-corrected chi connectivity index (χ4v) is 1.44. The molecule has 4 nitrogen and oxygen atoms in total. The molecule has 2 aromatic rings. The quantitative estimate of drug-likeness (QED) is 0.784. The van der Waals surface area contributed by atoms with Crippen molar-refractivity contribution in [1.29, 1.82) is 0 Å². The summed E-state index contributed by atoms with van der Waals surface area (Å²) >= 11 is 0.